The molecule has 0 aliphatic heterocycles. The van der Waals surface area contributed by atoms with Gasteiger partial charge in [-0.2, -0.15) is 0 Å². The van der Waals surface area contributed by atoms with Crippen molar-refractivity contribution in [2.75, 3.05) is 36.7 Å². The van der Waals surface area contributed by atoms with E-state index in [9.17, 15) is 4.79 Å². The highest BCUT2D eigenvalue weighted by atomic mass is 35.5. The Morgan fingerprint density at radius 1 is 1.25 bits per heavy atom. The van der Waals surface area contributed by atoms with Gasteiger partial charge >= 0.3 is 0 Å². The van der Waals surface area contributed by atoms with E-state index in [0.29, 0.717) is 39.8 Å². The van der Waals surface area contributed by atoms with E-state index in [2.05, 4.69) is 33.2 Å². The highest BCUT2D eigenvalue weighted by Crippen LogP contribution is 2.43. The molecule has 8 nitrogen and oxygen atoms in total. The molecule has 1 amide bonds. The minimum atomic E-state index is -0.305. The molecule has 0 unspecified atom stereocenters. The summed E-state index contributed by atoms with van der Waals surface area (Å²) in [5.74, 6) is 1.79. The van der Waals surface area contributed by atoms with E-state index in [0.717, 1.165) is 16.8 Å². The van der Waals surface area contributed by atoms with Gasteiger partial charge in [0.15, 0.2) is 5.75 Å². The first kappa shape index (κ1) is 25.3. The maximum Gasteiger partial charge on any atom is 0.247 e. The third-order valence-corrected chi connectivity index (χ3v) is 6.46. The van der Waals surface area contributed by atoms with Crippen molar-refractivity contribution < 1.29 is 14.3 Å². The molecule has 0 atom stereocenters. The van der Waals surface area contributed by atoms with Gasteiger partial charge in [0.1, 0.15) is 12.4 Å². The number of benzene rings is 2. The Morgan fingerprint density at radius 2 is 1.97 bits per heavy atom. The summed E-state index contributed by atoms with van der Waals surface area (Å²) in [6, 6.07) is 7.86. The van der Waals surface area contributed by atoms with Crippen LogP contribution in [0.1, 0.15) is 35.4 Å². The molecule has 3 aromatic rings. The molecule has 36 heavy (non-hydrogen) atoms. The Hall–Kier alpha value is -3.78. The van der Waals surface area contributed by atoms with Crippen molar-refractivity contribution in [3.05, 3.63) is 71.0 Å². The van der Waals surface area contributed by atoms with E-state index in [1.54, 1.807) is 19.5 Å². The van der Waals surface area contributed by atoms with E-state index in [-0.39, 0.29) is 12.5 Å². The summed E-state index contributed by atoms with van der Waals surface area (Å²) < 4.78 is 11.4. The summed E-state index contributed by atoms with van der Waals surface area (Å²) in [7, 11) is 5.53. The van der Waals surface area contributed by atoms with E-state index in [1.165, 1.54) is 24.5 Å². The topological polar surface area (TPSA) is 88.6 Å². The van der Waals surface area contributed by atoms with Crippen molar-refractivity contribution in [3.8, 4) is 11.5 Å². The zero-order chi connectivity index (χ0) is 25.8. The molecule has 2 N–H and O–H groups in total. The van der Waals surface area contributed by atoms with Gasteiger partial charge in [0.25, 0.3) is 0 Å². The lowest BCUT2D eigenvalue weighted by atomic mass is 10.1. The first-order valence-electron chi connectivity index (χ1n) is 11.6. The first-order valence-corrected chi connectivity index (χ1v) is 12.0. The van der Waals surface area contributed by atoms with Crippen molar-refractivity contribution in [3.63, 3.8) is 0 Å². The zero-order valence-electron chi connectivity index (χ0n) is 20.9. The number of halogens is 1. The van der Waals surface area contributed by atoms with Crippen LogP contribution in [0.25, 0.3) is 0 Å². The van der Waals surface area contributed by atoms with Gasteiger partial charge in [0.2, 0.25) is 11.9 Å². The second-order valence-corrected chi connectivity index (χ2v) is 9.22. The van der Waals surface area contributed by atoms with Crippen LogP contribution in [0, 0.1) is 6.92 Å². The third kappa shape index (κ3) is 5.71. The monoisotopic (exact) mass is 507 g/mol. The number of aromatic nitrogens is 2. The van der Waals surface area contributed by atoms with Gasteiger partial charge in [0.05, 0.1) is 35.9 Å². The molecular weight excluding hydrogens is 478 g/mol. The average molecular weight is 508 g/mol. The number of methoxy groups -OCH3 is 1. The quantitative estimate of drug-likeness (QED) is 0.333. The fraction of sp³-hybridized carbons (Fsp3) is 0.296. The van der Waals surface area contributed by atoms with Crippen molar-refractivity contribution in [2.24, 2.45) is 0 Å². The molecule has 1 heterocycles. The molecule has 188 valence electrons. The van der Waals surface area contributed by atoms with Gasteiger partial charge < -0.3 is 25.0 Å². The van der Waals surface area contributed by atoms with Crippen LogP contribution in [-0.2, 0) is 11.4 Å². The molecule has 1 aliphatic carbocycles. The summed E-state index contributed by atoms with van der Waals surface area (Å²) in [6.45, 7) is 5.76. The van der Waals surface area contributed by atoms with E-state index in [4.69, 9.17) is 21.1 Å². The minimum absolute atomic E-state index is 0.271. The lowest BCUT2D eigenvalue weighted by molar-refractivity contribution is -0.111. The summed E-state index contributed by atoms with van der Waals surface area (Å²) in [5, 5.41) is 6.60. The van der Waals surface area contributed by atoms with Crippen molar-refractivity contribution in [1.29, 1.82) is 0 Å². The van der Waals surface area contributed by atoms with Gasteiger partial charge in [-0.25, -0.2) is 9.97 Å². The van der Waals surface area contributed by atoms with Crippen molar-refractivity contribution >= 4 is 40.5 Å². The molecule has 1 aliphatic rings. The normalized spacial score (nSPS) is 12.6. The standard InChI is InChI=1S/C27H30ClN5O3/c1-6-24(34)31-21-9-10-22(33(3)4)16(2)26(21)32-27-29-13-20(14-30-27)36-15-19-11-18(17-7-8-17)12-23(35-5)25(19)28/h6,9-14,17H,1,7-8,15H2,2-5H3,(H,31,34)(H,29,30,32). The minimum Gasteiger partial charge on any atom is -0.495 e. The number of carbonyl (C=O) groups excluding carboxylic acids is 1. The van der Waals surface area contributed by atoms with Gasteiger partial charge in [-0.15, -0.1) is 0 Å². The maximum absolute atomic E-state index is 11.9. The van der Waals surface area contributed by atoms with Crippen LogP contribution in [-0.4, -0.2) is 37.1 Å². The lowest BCUT2D eigenvalue weighted by Crippen LogP contribution is -2.14. The van der Waals surface area contributed by atoms with Crippen molar-refractivity contribution in [2.45, 2.75) is 32.3 Å². The number of rotatable bonds is 10. The SMILES string of the molecule is C=CC(=O)Nc1ccc(N(C)C)c(C)c1Nc1ncc(OCc2cc(C3CC3)cc(OC)c2Cl)cn1. The molecule has 9 heteroatoms. The van der Waals surface area contributed by atoms with Crippen molar-refractivity contribution in [1.82, 2.24) is 9.97 Å². The number of anilines is 4. The summed E-state index contributed by atoms with van der Waals surface area (Å²) in [4.78, 5) is 22.7. The molecule has 1 fully saturated rings. The Bertz CT molecular complexity index is 1270. The number of hydrogen-bond acceptors (Lipinski definition) is 7. The fourth-order valence-electron chi connectivity index (χ4n) is 3.95. The lowest BCUT2D eigenvalue weighted by Gasteiger charge is -2.21. The fourth-order valence-corrected chi connectivity index (χ4v) is 4.19. The van der Waals surface area contributed by atoms with E-state index in [1.807, 2.05) is 44.1 Å². The first-order chi connectivity index (χ1) is 17.3. The zero-order valence-corrected chi connectivity index (χ0v) is 21.6. The van der Waals surface area contributed by atoms with E-state index >= 15 is 0 Å². The van der Waals surface area contributed by atoms with Crippen LogP contribution >= 0.6 is 11.6 Å². The molecule has 1 saturated carbocycles. The molecule has 0 saturated heterocycles. The van der Waals surface area contributed by atoms with Crippen LogP contribution in [0.2, 0.25) is 5.02 Å². The number of hydrogen-bond donors (Lipinski definition) is 2. The number of nitrogens with one attached hydrogen (secondary N) is 2. The van der Waals surface area contributed by atoms with Crippen LogP contribution < -0.4 is 25.0 Å². The molecule has 1 aromatic heterocycles. The maximum atomic E-state index is 11.9. The van der Waals surface area contributed by atoms with E-state index < -0.39 is 0 Å². The predicted octanol–water partition coefficient (Wildman–Crippen LogP) is 5.84. The van der Waals surface area contributed by atoms with Gasteiger partial charge in [-0.1, -0.05) is 24.2 Å². The summed E-state index contributed by atoms with van der Waals surface area (Å²) >= 11 is 6.51. The van der Waals surface area contributed by atoms with Gasteiger partial charge in [-0.3, -0.25) is 4.79 Å². The van der Waals surface area contributed by atoms with Crippen LogP contribution in [0.4, 0.5) is 23.0 Å². The number of carbonyl (C=O) groups is 1. The smallest absolute Gasteiger partial charge is 0.247 e. The Kier molecular flexibility index (Phi) is 7.64. The summed E-state index contributed by atoms with van der Waals surface area (Å²) in [6.07, 6.45) is 6.78. The Balaban J connectivity index is 1.51. The summed E-state index contributed by atoms with van der Waals surface area (Å²) in [5.41, 5.74) is 5.31. The largest absolute Gasteiger partial charge is 0.495 e. The average Bonchev–Trinajstić information content (AvgIpc) is 3.71. The molecule has 0 bridgehead atoms. The molecule has 4 rings (SSSR count). The number of ether oxygens (including phenoxy) is 2. The molecule has 2 aromatic carbocycles. The molecular formula is C27H30ClN5O3. The highest BCUT2D eigenvalue weighted by Gasteiger charge is 2.25. The second-order valence-electron chi connectivity index (χ2n) is 8.85. The van der Waals surface area contributed by atoms with Crippen LogP contribution in [0.15, 0.2) is 49.3 Å². The Labute approximate surface area is 216 Å². The van der Waals surface area contributed by atoms with Gasteiger partial charge in [0, 0.05) is 25.3 Å². The number of amides is 1. The third-order valence-electron chi connectivity index (χ3n) is 6.03. The van der Waals surface area contributed by atoms with Crippen LogP contribution in [0.3, 0.4) is 0 Å². The predicted molar refractivity (Wildman–Crippen MR) is 144 cm³/mol. The second kappa shape index (κ2) is 10.9. The van der Waals surface area contributed by atoms with Gasteiger partial charge in [-0.05, 0) is 61.1 Å². The molecule has 0 spiro atoms. The van der Waals surface area contributed by atoms with Crippen LogP contribution in [0.5, 0.6) is 11.5 Å². The molecule has 0 radical (unpaired) electrons. The highest BCUT2D eigenvalue weighted by molar-refractivity contribution is 6.32. The Morgan fingerprint density at radius 3 is 2.58 bits per heavy atom. The number of nitrogens with zero attached hydrogens (tertiary/aromatic N) is 3.